The lowest BCUT2D eigenvalue weighted by atomic mass is 10.1. The van der Waals surface area contributed by atoms with Crippen LogP contribution in [0.15, 0.2) is 18.2 Å². The molecular weight excluding hydrogens is 250 g/mol. The maximum atomic E-state index is 11.6. The van der Waals surface area contributed by atoms with Gasteiger partial charge >= 0.3 is 0 Å². The first-order valence-corrected chi connectivity index (χ1v) is 5.82. The zero-order valence-electron chi connectivity index (χ0n) is 10.3. The van der Waals surface area contributed by atoms with Crippen molar-refractivity contribution in [3.05, 3.63) is 33.9 Å². The summed E-state index contributed by atoms with van der Waals surface area (Å²) >= 11 is 0. The van der Waals surface area contributed by atoms with Crippen molar-refractivity contribution < 1.29 is 14.5 Å². The predicted molar refractivity (Wildman–Crippen MR) is 67.6 cm³/mol. The highest BCUT2D eigenvalue weighted by molar-refractivity contribution is 6.01. The number of imide groups is 1. The second-order valence-electron chi connectivity index (χ2n) is 4.43. The molecule has 1 aromatic rings. The van der Waals surface area contributed by atoms with Gasteiger partial charge in [0, 0.05) is 12.5 Å². The Morgan fingerprint density at radius 2 is 2.16 bits per heavy atom. The van der Waals surface area contributed by atoms with Gasteiger partial charge in [0.2, 0.25) is 11.8 Å². The number of nitro groups is 1. The lowest BCUT2D eigenvalue weighted by Gasteiger charge is -2.22. The molecule has 0 aromatic heterocycles. The normalized spacial score (nSPS) is 18.9. The highest BCUT2D eigenvalue weighted by Crippen LogP contribution is 2.26. The van der Waals surface area contributed by atoms with Gasteiger partial charge in [-0.3, -0.25) is 25.0 Å². The van der Waals surface area contributed by atoms with Gasteiger partial charge in [-0.05, 0) is 25.0 Å². The molecule has 19 heavy (non-hydrogen) atoms. The maximum Gasteiger partial charge on any atom is 0.292 e. The molecule has 1 fully saturated rings. The van der Waals surface area contributed by atoms with Gasteiger partial charge in [-0.25, -0.2) is 0 Å². The molecule has 0 radical (unpaired) electrons. The van der Waals surface area contributed by atoms with E-state index in [0.29, 0.717) is 12.1 Å². The van der Waals surface area contributed by atoms with Gasteiger partial charge in [-0.1, -0.05) is 6.07 Å². The quantitative estimate of drug-likeness (QED) is 0.483. The summed E-state index contributed by atoms with van der Waals surface area (Å²) in [6.45, 7) is 1.80. The molecule has 1 saturated heterocycles. The maximum absolute atomic E-state index is 11.6. The van der Waals surface area contributed by atoms with E-state index in [2.05, 4.69) is 10.6 Å². The lowest BCUT2D eigenvalue weighted by molar-refractivity contribution is -0.384. The standard InChI is InChI=1S/C12H13N3O4/c1-7-2-4-10(15(18)19)9(6-7)13-8-3-5-11(16)14-12(8)17/h2,4,6,8,13H,3,5H2,1H3,(H,14,16,17). The number of anilines is 1. The summed E-state index contributed by atoms with van der Waals surface area (Å²) < 4.78 is 0. The van der Waals surface area contributed by atoms with E-state index < -0.39 is 16.9 Å². The Bertz CT molecular complexity index is 556. The van der Waals surface area contributed by atoms with E-state index in [4.69, 9.17) is 0 Å². The Kier molecular flexibility index (Phi) is 3.46. The van der Waals surface area contributed by atoms with E-state index in [-0.39, 0.29) is 18.0 Å². The highest BCUT2D eigenvalue weighted by atomic mass is 16.6. The summed E-state index contributed by atoms with van der Waals surface area (Å²) in [5.74, 6) is -0.770. The number of hydrogen-bond acceptors (Lipinski definition) is 5. The van der Waals surface area contributed by atoms with Gasteiger partial charge < -0.3 is 5.32 Å². The van der Waals surface area contributed by atoms with Gasteiger partial charge in [0.05, 0.1) is 4.92 Å². The van der Waals surface area contributed by atoms with Crippen LogP contribution in [0.3, 0.4) is 0 Å². The summed E-state index contributed by atoms with van der Waals surface area (Å²) in [6.07, 6.45) is 0.554. The Morgan fingerprint density at radius 1 is 1.42 bits per heavy atom. The SMILES string of the molecule is Cc1ccc([N+](=O)[O-])c(NC2CCC(=O)NC2=O)c1. The average molecular weight is 263 g/mol. The van der Waals surface area contributed by atoms with Crippen molar-refractivity contribution in [3.8, 4) is 0 Å². The third-order valence-corrected chi connectivity index (χ3v) is 2.92. The second kappa shape index (κ2) is 5.05. The van der Waals surface area contributed by atoms with Crippen LogP contribution in [0.1, 0.15) is 18.4 Å². The van der Waals surface area contributed by atoms with Crippen molar-refractivity contribution in [1.82, 2.24) is 5.32 Å². The predicted octanol–water partition coefficient (Wildman–Crippen LogP) is 1.12. The molecule has 0 aliphatic carbocycles. The number of carbonyl (C=O) groups is 2. The fraction of sp³-hybridized carbons (Fsp3) is 0.333. The van der Waals surface area contributed by atoms with Crippen LogP contribution in [0.4, 0.5) is 11.4 Å². The molecule has 7 nitrogen and oxygen atoms in total. The third-order valence-electron chi connectivity index (χ3n) is 2.92. The Labute approximate surface area is 109 Å². The number of hydrogen-bond donors (Lipinski definition) is 2. The number of carbonyl (C=O) groups excluding carboxylic acids is 2. The highest BCUT2D eigenvalue weighted by Gasteiger charge is 2.28. The van der Waals surface area contributed by atoms with Gasteiger partial charge in [-0.2, -0.15) is 0 Å². The minimum atomic E-state index is -0.627. The molecule has 2 rings (SSSR count). The third kappa shape index (κ3) is 2.87. The van der Waals surface area contributed by atoms with E-state index in [1.165, 1.54) is 6.07 Å². The summed E-state index contributed by atoms with van der Waals surface area (Å²) in [6, 6.07) is 4.01. The minimum Gasteiger partial charge on any atom is -0.368 e. The molecule has 0 bridgehead atoms. The molecule has 1 heterocycles. The number of aryl methyl sites for hydroxylation is 1. The molecule has 7 heteroatoms. The molecule has 0 saturated carbocycles. The molecule has 0 spiro atoms. The van der Waals surface area contributed by atoms with E-state index >= 15 is 0 Å². The first-order chi connectivity index (χ1) is 8.97. The number of nitrogens with zero attached hydrogens (tertiary/aromatic N) is 1. The Balaban J connectivity index is 2.23. The Morgan fingerprint density at radius 3 is 2.79 bits per heavy atom. The van der Waals surface area contributed by atoms with Crippen molar-refractivity contribution in [3.63, 3.8) is 0 Å². The molecule has 1 aromatic carbocycles. The zero-order valence-corrected chi connectivity index (χ0v) is 10.3. The van der Waals surface area contributed by atoms with Crippen LogP contribution in [0.25, 0.3) is 0 Å². The number of rotatable bonds is 3. The zero-order chi connectivity index (χ0) is 14.0. The van der Waals surface area contributed by atoms with Crippen LogP contribution in [-0.4, -0.2) is 22.8 Å². The molecule has 1 atom stereocenters. The molecule has 1 unspecified atom stereocenters. The summed E-state index contributed by atoms with van der Waals surface area (Å²) in [5.41, 5.74) is 1.05. The van der Waals surface area contributed by atoms with Crippen LogP contribution in [0.5, 0.6) is 0 Å². The number of nitrogens with one attached hydrogen (secondary N) is 2. The van der Waals surface area contributed by atoms with Crippen LogP contribution in [0.2, 0.25) is 0 Å². The average Bonchev–Trinajstić information content (AvgIpc) is 2.32. The largest absolute Gasteiger partial charge is 0.368 e. The minimum absolute atomic E-state index is 0.0877. The summed E-state index contributed by atoms with van der Waals surface area (Å²) in [4.78, 5) is 33.1. The molecular formula is C12H13N3O4. The van der Waals surface area contributed by atoms with Crippen molar-refractivity contribution in [2.45, 2.75) is 25.8 Å². The topological polar surface area (TPSA) is 101 Å². The van der Waals surface area contributed by atoms with Gasteiger partial charge in [-0.15, -0.1) is 0 Å². The van der Waals surface area contributed by atoms with Gasteiger partial charge in [0.1, 0.15) is 11.7 Å². The smallest absolute Gasteiger partial charge is 0.292 e. The van der Waals surface area contributed by atoms with Crippen LogP contribution < -0.4 is 10.6 Å². The lowest BCUT2D eigenvalue weighted by Crippen LogP contribution is -2.47. The first kappa shape index (κ1) is 13.0. The molecule has 2 N–H and O–H groups in total. The van der Waals surface area contributed by atoms with Gasteiger partial charge in [0.25, 0.3) is 5.69 Å². The van der Waals surface area contributed by atoms with Crippen molar-refractivity contribution >= 4 is 23.2 Å². The number of amides is 2. The van der Waals surface area contributed by atoms with Crippen molar-refractivity contribution in [2.75, 3.05) is 5.32 Å². The molecule has 1 aliphatic heterocycles. The second-order valence-corrected chi connectivity index (χ2v) is 4.43. The Hall–Kier alpha value is -2.44. The van der Waals surface area contributed by atoms with Crippen LogP contribution in [-0.2, 0) is 9.59 Å². The summed E-state index contributed by atoms with van der Waals surface area (Å²) in [7, 11) is 0. The van der Waals surface area contributed by atoms with E-state index in [9.17, 15) is 19.7 Å². The van der Waals surface area contributed by atoms with E-state index in [1.807, 2.05) is 0 Å². The number of piperidine rings is 1. The number of nitro benzene ring substituents is 1. The van der Waals surface area contributed by atoms with Crippen LogP contribution in [0, 0.1) is 17.0 Å². The monoisotopic (exact) mass is 263 g/mol. The molecule has 2 amide bonds. The van der Waals surface area contributed by atoms with Crippen molar-refractivity contribution in [1.29, 1.82) is 0 Å². The molecule has 100 valence electrons. The van der Waals surface area contributed by atoms with E-state index in [0.717, 1.165) is 5.56 Å². The van der Waals surface area contributed by atoms with Crippen LogP contribution >= 0.6 is 0 Å². The summed E-state index contributed by atoms with van der Waals surface area (Å²) in [5, 5.41) is 16.0. The van der Waals surface area contributed by atoms with Gasteiger partial charge in [0.15, 0.2) is 0 Å². The first-order valence-electron chi connectivity index (χ1n) is 5.82. The number of benzene rings is 1. The van der Waals surface area contributed by atoms with E-state index in [1.54, 1.807) is 19.1 Å². The molecule has 1 aliphatic rings. The fourth-order valence-corrected chi connectivity index (χ4v) is 1.94. The fourth-order valence-electron chi connectivity index (χ4n) is 1.94. The van der Waals surface area contributed by atoms with Crippen molar-refractivity contribution in [2.24, 2.45) is 0 Å².